The van der Waals surface area contributed by atoms with Crippen LogP contribution >= 0.6 is 0 Å². The second-order valence-corrected chi connectivity index (χ2v) is 11.0. The zero-order chi connectivity index (χ0) is 25.6. The maximum Gasteiger partial charge on any atom is 0.254 e. The summed E-state index contributed by atoms with van der Waals surface area (Å²) < 4.78 is 5.52. The molecule has 0 aliphatic rings. The maximum atomic E-state index is 13.6. The van der Waals surface area contributed by atoms with E-state index >= 15 is 0 Å². The molecule has 1 aromatic heterocycles. The summed E-state index contributed by atoms with van der Waals surface area (Å²) in [5.41, 5.74) is 2.39. The highest BCUT2D eigenvalue weighted by Crippen LogP contribution is 2.24. The van der Waals surface area contributed by atoms with Gasteiger partial charge in [0, 0.05) is 17.6 Å². The van der Waals surface area contributed by atoms with Crippen LogP contribution in [-0.4, -0.2) is 40.2 Å². The van der Waals surface area contributed by atoms with Gasteiger partial charge in [0.15, 0.2) is 0 Å². The van der Waals surface area contributed by atoms with Gasteiger partial charge in [-0.3, -0.25) is 9.59 Å². The van der Waals surface area contributed by atoms with E-state index in [1.54, 1.807) is 16.1 Å². The number of amides is 2. The molecule has 0 bridgehead atoms. The van der Waals surface area contributed by atoms with Gasteiger partial charge in [-0.15, -0.1) is 0 Å². The van der Waals surface area contributed by atoms with E-state index in [2.05, 4.69) is 32.9 Å². The lowest BCUT2D eigenvalue weighted by atomic mass is 9.86. The fourth-order valence-corrected chi connectivity index (χ4v) is 3.91. The second kappa shape index (κ2) is 10.9. The summed E-state index contributed by atoms with van der Waals surface area (Å²) in [6.45, 7) is 13.2. The topological polar surface area (TPSA) is 53.8 Å². The Labute approximate surface area is 209 Å². The normalized spacial score (nSPS) is 11.8. The van der Waals surface area contributed by atoms with Crippen LogP contribution < -0.4 is 0 Å². The molecule has 0 aliphatic heterocycles. The quantitative estimate of drug-likeness (QED) is 0.397. The molecule has 0 unspecified atom stereocenters. The van der Waals surface area contributed by atoms with E-state index in [0.717, 1.165) is 23.3 Å². The number of nitrogens with zero attached hydrogens (tertiary/aromatic N) is 2. The lowest BCUT2D eigenvalue weighted by Gasteiger charge is -2.37. The number of furan rings is 1. The molecule has 35 heavy (non-hydrogen) atoms. The van der Waals surface area contributed by atoms with Crippen LogP contribution in [0.25, 0.3) is 0 Å². The van der Waals surface area contributed by atoms with Gasteiger partial charge in [-0.2, -0.15) is 0 Å². The number of carbonyl (C=O) groups is 2. The molecule has 2 aromatic carbocycles. The first-order chi connectivity index (χ1) is 16.4. The average molecular weight is 475 g/mol. The fraction of sp³-hybridized carbons (Fsp3) is 0.400. The van der Waals surface area contributed by atoms with Crippen molar-refractivity contribution < 1.29 is 14.0 Å². The molecule has 0 saturated heterocycles. The first kappa shape index (κ1) is 26.3. The van der Waals surface area contributed by atoms with Crippen molar-refractivity contribution in [2.24, 2.45) is 0 Å². The van der Waals surface area contributed by atoms with Crippen LogP contribution in [0.1, 0.15) is 68.8 Å². The monoisotopic (exact) mass is 474 g/mol. The Morgan fingerprint density at radius 1 is 0.829 bits per heavy atom. The first-order valence-corrected chi connectivity index (χ1v) is 12.2. The van der Waals surface area contributed by atoms with E-state index in [4.69, 9.17) is 4.42 Å². The second-order valence-electron chi connectivity index (χ2n) is 11.0. The van der Waals surface area contributed by atoms with Gasteiger partial charge >= 0.3 is 0 Å². The van der Waals surface area contributed by atoms with Gasteiger partial charge in [0.2, 0.25) is 5.91 Å². The van der Waals surface area contributed by atoms with Gasteiger partial charge in [-0.25, -0.2) is 0 Å². The third-order valence-corrected chi connectivity index (χ3v) is 6.14. The number of benzene rings is 2. The van der Waals surface area contributed by atoms with Crippen LogP contribution in [0.2, 0.25) is 0 Å². The summed E-state index contributed by atoms with van der Waals surface area (Å²) in [6, 6.07) is 21.5. The number of hydrogen-bond donors (Lipinski definition) is 0. The van der Waals surface area contributed by atoms with Crippen molar-refractivity contribution in [1.29, 1.82) is 0 Å². The summed E-state index contributed by atoms with van der Waals surface area (Å²) in [5.74, 6) is 0.469. The third-order valence-electron chi connectivity index (χ3n) is 6.14. The minimum absolute atomic E-state index is 0.00114. The molecule has 0 atom stereocenters. The van der Waals surface area contributed by atoms with Crippen LogP contribution in [-0.2, 0) is 23.2 Å². The first-order valence-electron chi connectivity index (χ1n) is 12.2. The zero-order valence-electron chi connectivity index (χ0n) is 21.9. The van der Waals surface area contributed by atoms with Gasteiger partial charge in [0.1, 0.15) is 12.3 Å². The highest BCUT2D eigenvalue weighted by Gasteiger charge is 2.31. The zero-order valence-corrected chi connectivity index (χ0v) is 21.9. The van der Waals surface area contributed by atoms with E-state index < -0.39 is 5.54 Å². The Morgan fingerprint density at radius 3 is 2.03 bits per heavy atom. The van der Waals surface area contributed by atoms with Crippen LogP contribution in [0.3, 0.4) is 0 Å². The number of rotatable bonds is 8. The van der Waals surface area contributed by atoms with Gasteiger partial charge in [0.25, 0.3) is 5.91 Å². The molecule has 0 radical (unpaired) electrons. The van der Waals surface area contributed by atoms with Crippen molar-refractivity contribution in [2.75, 3.05) is 13.1 Å². The molecule has 0 spiro atoms. The molecule has 186 valence electrons. The summed E-state index contributed by atoms with van der Waals surface area (Å²) in [7, 11) is 0. The van der Waals surface area contributed by atoms with Gasteiger partial charge in [-0.05, 0) is 68.0 Å². The standard InChI is InChI=1S/C30H38N2O3/c1-29(2,3)25-16-14-24(15-17-25)28(34)32(30(4,5)6)22-27(33)31(21-26-13-10-20-35-26)19-18-23-11-8-7-9-12-23/h7-17,20H,18-19,21-22H2,1-6H3. The molecule has 0 N–H and O–H groups in total. The Morgan fingerprint density at radius 2 is 1.49 bits per heavy atom. The van der Waals surface area contributed by atoms with Crippen LogP contribution in [0.5, 0.6) is 0 Å². The van der Waals surface area contributed by atoms with Gasteiger partial charge < -0.3 is 14.2 Å². The van der Waals surface area contributed by atoms with Crippen molar-refractivity contribution >= 4 is 11.8 Å². The molecule has 5 nitrogen and oxygen atoms in total. The van der Waals surface area contributed by atoms with E-state index in [9.17, 15) is 9.59 Å². The largest absolute Gasteiger partial charge is 0.467 e. The van der Waals surface area contributed by atoms with E-state index in [0.29, 0.717) is 18.7 Å². The van der Waals surface area contributed by atoms with Gasteiger partial charge in [0.05, 0.1) is 12.8 Å². The summed E-state index contributed by atoms with van der Waals surface area (Å²) in [6.07, 6.45) is 2.34. The highest BCUT2D eigenvalue weighted by molar-refractivity contribution is 5.97. The predicted octanol–water partition coefficient (Wildman–Crippen LogP) is 6.09. The van der Waals surface area contributed by atoms with Gasteiger partial charge in [-0.1, -0.05) is 63.2 Å². The molecule has 2 amide bonds. The lowest BCUT2D eigenvalue weighted by Crippen LogP contribution is -2.51. The number of hydrogen-bond acceptors (Lipinski definition) is 3. The van der Waals surface area contributed by atoms with Crippen LogP contribution in [0.4, 0.5) is 0 Å². The molecular weight excluding hydrogens is 436 g/mol. The van der Waals surface area contributed by atoms with E-state index in [-0.39, 0.29) is 23.8 Å². The Hall–Kier alpha value is -3.34. The van der Waals surface area contributed by atoms with E-state index in [1.807, 2.05) is 75.4 Å². The van der Waals surface area contributed by atoms with Crippen molar-refractivity contribution in [3.8, 4) is 0 Å². The van der Waals surface area contributed by atoms with E-state index in [1.165, 1.54) is 0 Å². The molecule has 0 aliphatic carbocycles. The SMILES string of the molecule is CC(C)(C)c1ccc(C(=O)N(CC(=O)N(CCc2ccccc2)Cc2ccco2)C(C)(C)C)cc1. The number of carbonyl (C=O) groups excluding carboxylic acids is 2. The molecule has 3 rings (SSSR count). The lowest BCUT2D eigenvalue weighted by molar-refractivity contribution is -0.133. The Bertz CT molecular complexity index is 1090. The minimum Gasteiger partial charge on any atom is -0.467 e. The van der Waals surface area contributed by atoms with Crippen LogP contribution in [0.15, 0.2) is 77.4 Å². The third kappa shape index (κ3) is 7.32. The minimum atomic E-state index is -0.523. The van der Waals surface area contributed by atoms with Crippen LogP contribution in [0, 0.1) is 0 Å². The fourth-order valence-electron chi connectivity index (χ4n) is 3.91. The Balaban J connectivity index is 1.79. The molecule has 5 heteroatoms. The summed E-state index contributed by atoms with van der Waals surface area (Å²) in [4.78, 5) is 30.5. The molecule has 3 aromatic rings. The predicted molar refractivity (Wildman–Crippen MR) is 140 cm³/mol. The van der Waals surface area contributed by atoms with Crippen molar-refractivity contribution in [1.82, 2.24) is 9.80 Å². The summed E-state index contributed by atoms with van der Waals surface area (Å²) in [5, 5.41) is 0. The smallest absolute Gasteiger partial charge is 0.254 e. The highest BCUT2D eigenvalue weighted by atomic mass is 16.3. The maximum absolute atomic E-state index is 13.6. The average Bonchev–Trinajstić information content (AvgIpc) is 3.32. The Kier molecular flexibility index (Phi) is 8.21. The molecule has 0 saturated carbocycles. The van der Waals surface area contributed by atoms with Crippen molar-refractivity contribution in [2.45, 2.75) is 65.5 Å². The summed E-state index contributed by atoms with van der Waals surface area (Å²) >= 11 is 0. The molecule has 1 heterocycles. The molecular formula is C30H38N2O3. The molecule has 0 fully saturated rings. The van der Waals surface area contributed by atoms with Crippen molar-refractivity contribution in [3.05, 3.63) is 95.4 Å². The van der Waals surface area contributed by atoms with Crippen molar-refractivity contribution in [3.63, 3.8) is 0 Å².